The van der Waals surface area contributed by atoms with E-state index in [1.807, 2.05) is 18.2 Å². The molecular formula is C11H17N3O2S. The second-order valence-corrected chi connectivity index (χ2v) is 6.14. The topological polar surface area (TPSA) is 61.4 Å². The lowest BCUT2D eigenvalue weighted by atomic mass is 9.99. The second kappa shape index (κ2) is 4.64. The molecule has 17 heavy (non-hydrogen) atoms. The minimum Gasteiger partial charge on any atom is -0.312 e. The molecule has 0 bridgehead atoms. The van der Waals surface area contributed by atoms with Crippen molar-refractivity contribution in [3.63, 3.8) is 0 Å². The maximum atomic E-state index is 11.8. The number of nitrogens with zero attached hydrogens (tertiary/aromatic N) is 1. The summed E-state index contributed by atoms with van der Waals surface area (Å²) in [7, 11) is -0.395. The third-order valence-corrected chi connectivity index (χ3v) is 4.30. The van der Waals surface area contributed by atoms with Crippen LogP contribution in [-0.4, -0.2) is 33.4 Å². The zero-order chi connectivity index (χ0) is 12.5. The van der Waals surface area contributed by atoms with Gasteiger partial charge in [-0.3, -0.25) is 4.72 Å². The van der Waals surface area contributed by atoms with Crippen LogP contribution in [0.15, 0.2) is 18.2 Å². The van der Waals surface area contributed by atoms with Gasteiger partial charge in [-0.25, -0.2) is 0 Å². The molecule has 1 heterocycles. The molecule has 1 aliphatic rings. The molecule has 1 aromatic carbocycles. The van der Waals surface area contributed by atoms with Gasteiger partial charge >= 0.3 is 10.2 Å². The van der Waals surface area contributed by atoms with Gasteiger partial charge in [0.25, 0.3) is 0 Å². The van der Waals surface area contributed by atoms with Crippen LogP contribution < -0.4 is 10.0 Å². The Bertz CT molecular complexity index is 511. The van der Waals surface area contributed by atoms with E-state index in [1.54, 1.807) is 0 Å². The third kappa shape index (κ3) is 2.59. The molecule has 1 aliphatic heterocycles. The average Bonchev–Trinajstić information content (AvgIpc) is 2.29. The van der Waals surface area contributed by atoms with Gasteiger partial charge in [0.1, 0.15) is 0 Å². The Balaban J connectivity index is 2.34. The summed E-state index contributed by atoms with van der Waals surface area (Å²) in [6.07, 6.45) is 0.849. The summed E-state index contributed by atoms with van der Waals surface area (Å²) in [5.74, 6) is 0. The molecule has 0 saturated carbocycles. The van der Waals surface area contributed by atoms with Crippen molar-refractivity contribution >= 4 is 15.9 Å². The van der Waals surface area contributed by atoms with Crippen LogP contribution in [0.25, 0.3) is 0 Å². The fourth-order valence-corrected chi connectivity index (χ4v) is 2.51. The quantitative estimate of drug-likeness (QED) is 0.829. The van der Waals surface area contributed by atoms with Gasteiger partial charge in [-0.05, 0) is 30.2 Å². The van der Waals surface area contributed by atoms with E-state index in [4.69, 9.17) is 0 Å². The molecule has 0 aromatic heterocycles. The summed E-state index contributed by atoms with van der Waals surface area (Å²) in [4.78, 5) is 0. The molecule has 0 fully saturated rings. The molecule has 6 heteroatoms. The Hall–Kier alpha value is -1.11. The molecule has 0 saturated heterocycles. The van der Waals surface area contributed by atoms with Crippen molar-refractivity contribution in [2.24, 2.45) is 0 Å². The number of nitrogens with one attached hydrogen (secondary N) is 2. The molecule has 1 aromatic rings. The number of fused-ring (bicyclic) bond motifs is 1. The molecule has 2 N–H and O–H groups in total. The number of hydrogen-bond donors (Lipinski definition) is 2. The lowest BCUT2D eigenvalue weighted by molar-refractivity contribution is 0.526. The first kappa shape index (κ1) is 12.3. The summed E-state index contributed by atoms with van der Waals surface area (Å²) in [6.45, 7) is 1.68. The number of rotatable bonds is 3. The van der Waals surface area contributed by atoms with Gasteiger partial charge in [-0.2, -0.15) is 12.7 Å². The third-order valence-electron chi connectivity index (χ3n) is 2.86. The first-order valence-electron chi connectivity index (χ1n) is 5.52. The Morgan fingerprint density at radius 2 is 2.12 bits per heavy atom. The van der Waals surface area contributed by atoms with Gasteiger partial charge in [0.2, 0.25) is 0 Å². The number of anilines is 1. The summed E-state index contributed by atoms with van der Waals surface area (Å²) >= 11 is 0. The molecule has 0 radical (unpaired) electrons. The van der Waals surface area contributed by atoms with Gasteiger partial charge < -0.3 is 5.32 Å². The van der Waals surface area contributed by atoms with E-state index in [2.05, 4.69) is 10.0 Å². The smallest absolute Gasteiger partial charge is 0.301 e. The van der Waals surface area contributed by atoms with Crippen LogP contribution >= 0.6 is 0 Å². The fraction of sp³-hybridized carbons (Fsp3) is 0.455. The highest BCUT2D eigenvalue weighted by atomic mass is 32.2. The zero-order valence-corrected chi connectivity index (χ0v) is 10.8. The molecule has 2 rings (SSSR count). The normalized spacial score (nSPS) is 15.7. The van der Waals surface area contributed by atoms with Crippen molar-refractivity contribution in [1.29, 1.82) is 0 Å². The van der Waals surface area contributed by atoms with E-state index >= 15 is 0 Å². The minimum atomic E-state index is -3.42. The lowest BCUT2D eigenvalue weighted by Gasteiger charge is -2.22. The van der Waals surface area contributed by atoms with Crippen molar-refractivity contribution in [3.8, 4) is 0 Å². The summed E-state index contributed by atoms with van der Waals surface area (Å²) in [6, 6.07) is 5.71. The molecular weight excluding hydrogens is 238 g/mol. The standard InChI is InChI=1S/C11H17N3O2S/c1-14(2)17(15,16)13-11-5-3-4-9-8-12-7-6-10(9)11/h3-5,12-13H,6-8H2,1-2H3. The molecule has 94 valence electrons. The van der Waals surface area contributed by atoms with E-state index in [-0.39, 0.29) is 0 Å². The maximum absolute atomic E-state index is 11.8. The van der Waals surface area contributed by atoms with Crippen molar-refractivity contribution in [1.82, 2.24) is 9.62 Å². The minimum absolute atomic E-state index is 0.692. The largest absolute Gasteiger partial charge is 0.312 e. The van der Waals surface area contributed by atoms with E-state index in [1.165, 1.54) is 18.4 Å². The van der Waals surface area contributed by atoms with Crippen LogP contribution in [0.2, 0.25) is 0 Å². The van der Waals surface area contributed by atoms with Gasteiger partial charge in [0, 0.05) is 20.6 Å². The molecule has 0 spiro atoms. The highest BCUT2D eigenvalue weighted by Gasteiger charge is 2.18. The van der Waals surface area contributed by atoms with E-state index in [9.17, 15) is 8.42 Å². The highest BCUT2D eigenvalue weighted by Crippen LogP contribution is 2.24. The first-order chi connectivity index (χ1) is 8.00. The van der Waals surface area contributed by atoms with Crippen LogP contribution in [0.1, 0.15) is 11.1 Å². The van der Waals surface area contributed by atoms with E-state index in [0.29, 0.717) is 5.69 Å². The van der Waals surface area contributed by atoms with Crippen molar-refractivity contribution in [3.05, 3.63) is 29.3 Å². The second-order valence-electron chi connectivity index (χ2n) is 4.26. The lowest BCUT2D eigenvalue weighted by Crippen LogP contribution is -2.31. The highest BCUT2D eigenvalue weighted by molar-refractivity contribution is 7.90. The maximum Gasteiger partial charge on any atom is 0.301 e. The Morgan fingerprint density at radius 3 is 2.82 bits per heavy atom. The van der Waals surface area contributed by atoms with Crippen molar-refractivity contribution in [2.75, 3.05) is 25.4 Å². The molecule has 0 unspecified atom stereocenters. The fourth-order valence-electron chi connectivity index (χ4n) is 1.86. The van der Waals surface area contributed by atoms with Crippen LogP contribution in [0.5, 0.6) is 0 Å². The monoisotopic (exact) mass is 255 g/mol. The van der Waals surface area contributed by atoms with E-state index < -0.39 is 10.2 Å². The molecule has 0 amide bonds. The van der Waals surface area contributed by atoms with Gasteiger partial charge in [0.05, 0.1) is 5.69 Å². The average molecular weight is 255 g/mol. The SMILES string of the molecule is CN(C)S(=O)(=O)Nc1cccc2c1CCNC2. The first-order valence-corrected chi connectivity index (χ1v) is 6.96. The summed E-state index contributed by atoms with van der Waals surface area (Å²) < 4.78 is 27.4. The number of hydrogen-bond acceptors (Lipinski definition) is 3. The van der Waals surface area contributed by atoms with Crippen LogP contribution in [-0.2, 0) is 23.2 Å². The Kier molecular flexibility index (Phi) is 3.37. The Labute approximate surface area is 102 Å². The Morgan fingerprint density at radius 1 is 1.35 bits per heavy atom. The predicted octanol–water partition coefficient (Wildman–Crippen LogP) is 0.551. The zero-order valence-electron chi connectivity index (χ0n) is 10.0. The summed E-state index contributed by atoms with van der Waals surface area (Å²) in [5.41, 5.74) is 2.95. The number of benzene rings is 1. The van der Waals surface area contributed by atoms with Gasteiger partial charge in [0.15, 0.2) is 0 Å². The van der Waals surface area contributed by atoms with Crippen LogP contribution in [0.3, 0.4) is 0 Å². The van der Waals surface area contributed by atoms with Gasteiger partial charge in [-0.15, -0.1) is 0 Å². The van der Waals surface area contributed by atoms with Crippen LogP contribution in [0.4, 0.5) is 5.69 Å². The summed E-state index contributed by atoms with van der Waals surface area (Å²) in [5, 5.41) is 3.27. The van der Waals surface area contributed by atoms with E-state index in [0.717, 1.165) is 30.6 Å². The van der Waals surface area contributed by atoms with Crippen molar-refractivity contribution < 1.29 is 8.42 Å². The molecule has 0 atom stereocenters. The molecule has 0 aliphatic carbocycles. The van der Waals surface area contributed by atoms with Gasteiger partial charge in [-0.1, -0.05) is 12.1 Å². The van der Waals surface area contributed by atoms with Crippen molar-refractivity contribution in [2.45, 2.75) is 13.0 Å². The van der Waals surface area contributed by atoms with Crippen LogP contribution in [0, 0.1) is 0 Å². The molecule has 5 nitrogen and oxygen atoms in total. The predicted molar refractivity (Wildman–Crippen MR) is 68.1 cm³/mol.